The highest BCUT2D eigenvalue weighted by molar-refractivity contribution is 9.09. The van der Waals surface area contributed by atoms with Gasteiger partial charge in [0.1, 0.15) is 0 Å². The van der Waals surface area contributed by atoms with Crippen LogP contribution in [0.5, 0.6) is 0 Å². The molecule has 1 aliphatic rings. The summed E-state index contributed by atoms with van der Waals surface area (Å²) >= 11 is 9.25. The number of amides is 1. The van der Waals surface area contributed by atoms with Crippen LogP contribution in [0, 0.1) is 0 Å². The first kappa shape index (κ1) is 14.8. The molecule has 1 fully saturated rings. The third kappa shape index (κ3) is 4.20. The van der Waals surface area contributed by atoms with Crippen molar-refractivity contribution in [2.24, 2.45) is 0 Å². The fraction of sp³-hybridized carbons (Fsp3) is 0.500. The van der Waals surface area contributed by atoms with Crippen molar-refractivity contribution >= 4 is 33.4 Å². The van der Waals surface area contributed by atoms with E-state index in [1.54, 1.807) is 0 Å². The minimum Gasteiger partial charge on any atom is -0.371 e. The van der Waals surface area contributed by atoms with E-state index in [9.17, 15) is 4.79 Å². The van der Waals surface area contributed by atoms with Gasteiger partial charge in [-0.1, -0.05) is 39.7 Å². The molecule has 2 rings (SSSR count). The van der Waals surface area contributed by atoms with Gasteiger partial charge in [0, 0.05) is 23.4 Å². The van der Waals surface area contributed by atoms with Crippen LogP contribution in [0.4, 0.5) is 0 Å². The van der Waals surface area contributed by atoms with E-state index < -0.39 is 0 Å². The van der Waals surface area contributed by atoms with Crippen molar-refractivity contribution in [1.29, 1.82) is 0 Å². The van der Waals surface area contributed by atoms with Crippen LogP contribution in [0.2, 0.25) is 5.02 Å². The summed E-state index contributed by atoms with van der Waals surface area (Å²) in [5.41, 5.74) is 0.990. The number of rotatable bonds is 3. The Morgan fingerprint density at radius 2 is 2.11 bits per heavy atom. The Bertz CT molecular complexity index is 438. The molecule has 1 saturated heterocycles. The molecule has 0 radical (unpaired) electrons. The maximum atomic E-state index is 12.3. The van der Waals surface area contributed by atoms with Crippen LogP contribution in [-0.4, -0.2) is 41.4 Å². The Balaban J connectivity index is 1.97. The van der Waals surface area contributed by atoms with Gasteiger partial charge in [0.25, 0.3) is 0 Å². The highest BCUT2D eigenvalue weighted by Gasteiger charge is 2.27. The van der Waals surface area contributed by atoms with Crippen LogP contribution >= 0.6 is 27.5 Å². The fourth-order valence-corrected chi connectivity index (χ4v) is 2.71. The van der Waals surface area contributed by atoms with Gasteiger partial charge in [0.2, 0.25) is 5.91 Å². The molecule has 2 unspecified atom stereocenters. The van der Waals surface area contributed by atoms with Gasteiger partial charge < -0.3 is 9.64 Å². The second-order valence-corrected chi connectivity index (χ2v) is 5.91. The standard InChI is InChI=1S/C14H17BrClNO2/c1-10-8-17(9-13(7-15)19-10)14(18)6-11-2-4-12(16)5-3-11/h2-5,10,13H,6-9H2,1H3. The van der Waals surface area contributed by atoms with Gasteiger partial charge in [-0.25, -0.2) is 0 Å². The van der Waals surface area contributed by atoms with Gasteiger partial charge in [-0.05, 0) is 24.6 Å². The number of ether oxygens (including phenoxy) is 1. The average Bonchev–Trinajstić information content (AvgIpc) is 2.40. The number of nitrogens with zero attached hydrogens (tertiary/aromatic N) is 1. The number of alkyl halides is 1. The molecule has 2 atom stereocenters. The highest BCUT2D eigenvalue weighted by Crippen LogP contribution is 2.15. The van der Waals surface area contributed by atoms with Gasteiger partial charge in [-0.2, -0.15) is 0 Å². The molecular formula is C14H17BrClNO2. The molecule has 1 amide bonds. The Kier molecular flexibility index (Phi) is 5.25. The average molecular weight is 347 g/mol. The normalized spacial score (nSPS) is 23.4. The van der Waals surface area contributed by atoms with Crippen LogP contribution in [-0.2, 0) is 16.0 Å². The molecule has 1 aromatic carbocycles. The van der Waals surface area contributed by atoms with Crippen molar-refractivity contribution in [1.82, 2.24) is 4.90 Å². The predicted octanol–water partition coefficient (Wildman–Crippen LogP) is 2.89. The second-order valence-electron chi connectivity index (χ2n) is 4.82. The maximum absolute atomic E-state index is 12.3. The van der Waals surface area contributed by atoms with Crippen LogP contribution < -0.4 is 0 Å². The molecule has 0 bridgehead atoms. The first-order chi connectivity index (χ1) is 9.08. The van der Waals surface area contributed by atoms with Crippen LogP contribution in [0.15, 0.2) is 24.3 Å². The lowest BCUT2D eigenvalue weighted by molar-refractivity contribution is -0.142. The summed E-state index contributed by atoms with van der Waals surface area (Å²) in [4.78, 5) is 14.2. The van der Waals surface area contributed by atoms with E-state index in [0.717, 1.165) is 10.9 Å². The van der Waals surface area contributed by atoms with Gasteiger partial charge >= 0.3 is 0 Å². The summed E-state index contributed by atoms with van der Waals surface area (Å²) in [6, 6.07) is 7.42. The Hall–Kier alpha value is -0.580. The zero-order valence-electron chi connectivity index (χ0n) is 10.8. The largest absolute Gasteiger partial charge is 0.371 e. The van der Waals surface area contributed by atoms with Crippen molar-refractivity contribution in [3.05, 3.63) is 34.9 Å². The summed E-state index contributed by atoms with van der Waals surface area (Å²) in [6.45, 7) is 3.31. The maximum Gasteiger partial charge on any atom is 0.227 e. The summed E-state index contributed by atoms with van der Waals surface area (Å²) in [5, 5.41) is 1.44. The van der Waals surface area contributed by atoms with Crippen molar-refractivity contribution in [2.75, 3.05) is 18.4 Å². The van der Waals surface area contributed by atoms with Gasteiger partial charge in [0.05, 0.1) is 18.6 Å². The zero-order valence-corrected chi connectivity index (χ0v) is 13.2. The van der Waals surface area contributed by atoms with E-state index in [-0.39, 0.29) is 18.1 Å². The molecule has 1 aromatic rings. The monoisotopic (exact) mass is 345 g/mol. The van der Waals surface area contributed by atoms with Crippen molar-refractivity contribution < 1.29 is 9.53 Å². The summed E-state index contributed by atoms with van der Waals surface area (Å²) in [5.74, 6) is 0.142. The fourth-order valence-electron chi connectivity index (χ4n) is 2.22. The van der Waals surface area contributed by atoms with E-state index >= 15 is 0 Å². The number of hydrogen-bond acceptors (Lipinski definition) is 2. The molecule has 5 heteroatoms. The minimum atomic E-state index is 0.0814. The number of benzene rings is 1. The topological polar surface area (TPSA) is 29.5 Å². The Morgan fingerprint density at radius 3 is 2.74 bits per heavy atom. The second kappa shape index (κ2) is 6.73. The first-order valence-corrected chi connectivity index (χ1v) is 7.82. The molecule has 0 spiro atoms. The van der Waals surface area contributed by atoms with E-state index in [1.807, 2.05) is 36.1 Å². The van der Waals surface area contributed by atoms with E-state index in [1.165, 1.54) is 0 Å². The van der Waals surface area contributed by atoms with Crippen molar-refractivity contribution in [3.63, 3.8) is 0 Å². The lowest BCUT2D eigenvalue weighted by Crippen LogP contribution is -2.50. The van der Waals surface area contributed by atoms with E-state index in [4.69, 9.17) is 16.3 Å². The van der Waals surface area contributed by atoms with Crippen molar-refractivity contribution in [2.45, 2.75) is 25.6 Å². The Morgan fingerprint density at radius 1 is 1.42 bits per heavy atom. The molecular weight excluding hydrogens is 330 g/mol. The minimum absolute atomic E-state index is 0.0814. The number of morpholine rings is 1. The first-order valence-electron chi connectivity index (χ1n) is 6.32. The van der Waals surface area contributed by atoms with Gasteiger partial charge in [-0.15, -0.1) is 0 Å². The quantitative estimate of drug-likeness (QED) is 0.788. The molecule has 0 saturated carbocycles. The van der Waals surface area contributed by atoms with E-state index in [0.29, 0.717) is 24.5 Å². The predicted molar refractivity (Wildman–Crippen MR) is 79.9 cm³/mol. The number of carbonyl (C=O) groups is 1. The van der Waals surface area contributed by atoms with Crippen LogP contribution in [0.1, 0.15) is 12.5 Å². The number of carbonyl (C=O) groups excluding carboxylic acids is 1. The molecule has 0 N–H and O–H groups in total. The van der Waals surface area contributed by atoms with Gasteiger partial charge in [-0.3, -0.25) is 4.79 Å². The van der Waals surface area contributed by atoms with Gasteiger partial charge in [0.15, 0.2) is 0 Å². The smallest absolute Gasteiger partial charge is 0.227 e. The summed E-state index contributed by atoms with van der Waals surface area (Å²) in [7, 11) is 0. The van der Waals surface area contributed by atoms with Crippen LogP contribution in [0.3, 0.4) is 0 Å². The van der Waals surface area contributed by atoms with Crippen molar-refractivity contribution in [3.8, 4) is 0 Å². The molecule has 1 heterocycles. The Labute approximate surface area is 127 Å². The summed E-state index contributed by atoms with van der Waals surface area (Å²) < 4.78 is 5.72. The third-order valence-electron chi connectivity index (χ3n) is 3.12. The van der Waals surface area contributed by atoms with E-state index in [2.05, 4.69) is 15.9 Å². The number of hydrogen-bond donors (Lipinski definition) is 0. The lowest BCUT2D eigenvalue weighted by Gasteiger charge is -2.36. The molecule has 19 heavy (non-hydrogen) atoms. The molecule has 104 valence electrons. The molecule has 1 aliphatic heterocycles. The summed E-state index contributed by atoms with van der Waals surface area (Å²) in [6.07, 6.45) is 0.585. The highest BCUT2D eigenvalue weighted by atomic mass is 79.9. The zero-order chi connectivity index (χ0) is 13.8. The molecule has 0 aromatic heterocycles. The number of halogens is 2. The SMILES string of the molecule is CC1CN(C(=O)Cc2ccc(Cl)cc2)CC(CBr)O1. The molecule has 0 aliphatic carbocycles. The van der Waals surface area contributed by atoms with Crippen LogP contribution in [0.25, 0.3) is 0 Å². The third-order valence-corrected chi connectivity index (χ3v) is 4.09. The lowest BCUT2D eigenvalue weighted by atomic mass is 10.1. The molecule has 3 nitrogen and oxygen atoms in total.